The molecule has 1 aliphatic heterocycles. The van der Waals surface area contributed by atoms with Gasteiger partial charge in [0.1, 0.15) is 0 Å². The maximum Gasteiger partial charge on any atom is 0.0121 e. The molecule has 1 rings (SSSR count). The first-order chi connectivity index (χ1) is 6.29. The van der Waals surface area contributed by atoms with Crippen LogP contribution in [-0.4, -0.2) is 12.6 Å². The van der Waals surface area contributed by atoms with Crippen molar-refractivity contribution in [1.29, 1.82) is 0 Å². The van der Waals surface area contributed by atoms with E-state index in [9.17, 15) is 0 Å². The fraction of sp³-hybridized carbons (Fsp3) is 1.00. The first-order valence-corrected chi connectivity index (χ1v) is 6.02. The van der Waals surface area contributed by atoms with Gasteiger partial charge < -0.3 is 5.32 Å². The highest BCUT2D eigenvalue weighted by atomic mass is 15.0. The largest absolute Gasteiger partial charge is 0.313 e. The number of hydrogen-bond acceptors (Lipinski definition) is 1. The molecule has 13 heavy (non-hydrogen) atoms. The second kappa shape index (κ2) is 4.99. The van der Waals surface area contributed by atoms with Crippen molar-refractivity contribution in [3.63, 3.8) is 0 Å². The van der Waals surface area contributed by atoms with Crippen LogP contribution in [0.5, 0.6) is 0 Å². The third-order valence-electron chi connectivity index (χ3n) is 3.66. The third-order valence-corrected chi connectivity index (χ3v) is 3.66. The zero-order chi connectivity index (χ0) is 9.73. The summed E-state index contributed by atoms with van der Waals surface area (Å²) in [7, 11) is 0. The molecule has 0 radical (unpaired) electrons. The Labute approximate surface area is 83.3 Å². The highest BCUT2D eigenvalue weighted by Crippen LogP contribution is 2.41. The lowest BCUT2D eigenvalue weighted by Crippen LogP contribution is -2.36. The van der Waals surface area contributed by atoms with Crippen LogP contribution in [0, 0.1) is 5.41 Å². The summed E-state index contributed by atoms with van der Waals surface area (Å²) in [6.07, 6.45) is 8.25. The second-order valence-electron chi connectivity index (χ2n) is 4.53. The van der Waals surface area contributed by atoms with Crippen molar-refractivity contribution in [2.45, 2.75) is 65.3 Å². The molecule has 0 aromatic rings. The Kier molecular flexibility index (Phi) is 4.24. The Hall–Kier alpha value is -0.0400. The molecule has 1 fully saturated rings. The first-order valence-electron chi connectivity index (χ1n) is 6.02. The standard InChI is InChI=1S/C12H25N/c1-4-7-12(8-5-2)9-10-13-11(12)6-3/h11,13H,4-10H2,1-3H3. The summed E-state index contributed by atoms with van der Waals surface area (Å²) in [6, 6.07) is 0.799. The molecule has 1 aliphatic rings. The molecule has 0 saturated carbocycles. The Balaban J connectivity index is 2.62. The Morgan fingerprint density at radius 2 is 1.77 bits per heavy atom. The summed E-state index contributed by atoms with van der Waals surface area (Å²) in [5, 5.41) is 3.67. The zero-order valence-corrected chi connectivity index (χ0v) is 9.53. The smallest absolute Gasteiger partial charge is 0.0121 e. The molecule has 1 N–H and O–H groups in total. The number of hydrogen-bond donors (Lipinski definition) is 1. The van der Waals surface area contributed by atoms with Crippen LogP contribution in [-0.2, 0) is 0 Å². The van der Waals surface area contributed by atoms with Crippen molar-refractivity contribution in [2.24, 2.45) is 5.41 Å². The van der Waals surface area contributed by atoms with E-state index < -0.39 is 0 Å². The summed E-state index contributed by atoms with van der Waals surface area (Å²) in [4.78, 5) is 0. The van der Waals surface area contributed by atoms with Gasteiger partial charge in [-0.2, -0.15) is 0 Å². The molecule has 78 valence electrons. The molecule has 0 amide bonds. The molecule has 1 atom stereocenters. The fourth-order valence-corrected chi connectivity index (χ4v) is 3.18. The van der Waals surface area contributed by atoms with Crippen molar-refractivity contribution in [3.8, 4) is 0 Å². The first kappa shape index (κ1) is 11.0. The minimum Gasteiger partial charge on any atom is -0.313 e. The van der Waals surface area contributed by atoms with E-state index in [-0.39, 0.29) is 0 Å². The molecule has 0 spiro atoms. The van der Waals surface area contributed by atoms with Crippen molar-refractivity contribution in [1.82, 2.24) is 5.32 Å². The Morgan fingerprint density at radius 1 is 1.15 bits per heavy atom. The molecule has 1 heterocycles. The van der Waals surface area contributed by atoms with Gasteiger partial charge in [-0.15, -0.1) is 0 Å². The van der Waals surface area contributed by atoms with Gasteiger partial charge in [0.25, 0.3) is 0 Å². The van der Waals surface area contributed by atoms with Crippen LogP contribution in [0.25, 0.3) is 0 Å². The maximum atomic E-state index is 3.67. The van der Waals surface area contributed by atoms with Gasteiger partial charge in [-0.05, 0) is 37.6 Å². The molecule has 1 saturated heterocycles. The lowest BCUT2D eigenvalue weighted by Gasteiger charge is -2.34. The van der Waals surface area contributed by atoms with Crippen molar-refractivity contribution >= 4 is 0 Å². The van der Waals surface area contributed by atoms with Gasteiger partial charge in [-0.25, -0.2) is 0 Å². The highest BCUT2D eigenvalue weighted by molar-refractivity contribution is 4.95. The number of nitrogens with one attached hydrogen (secondary N) is 1. The molecule has 1 unspecified atom stereocenters. The quantitative estimate of drug-likeness (QED) is 0.689. The molecule has 0 aliphatic carbocycles. The average molecular weight is 183 g/mol. The van der Waals surface area contributed by atoms with E-state index in [4.69, 9.17) is 0 Å². The minimum absolute atomic E-state index is 0.651. The van der Waals surface area contributed by atoms with E-state index in [2.05, 4.69) is 26.1 Å². The normalized spacial score (nSPS) is 26.5. The van der Waals surface area contributed by atoms with Crippen LogP contribution in [0.1, 0.15) is 59.3 Å². The van der Waals surface area contributed by atoms with E-state index in [0.29, 0.717) is 5.41 Å². The van der Waals surface area contributed by atoms with Gasteiger partial charge >= 0.3 is 0 Å². The van der Waals surface area contributed by atoms with Gasteiger partial charge in [0.15, 0.2) is 0 Å². The predicted octanol–water partition coefficient (Wildman–Crippen LogP) is 3.34. The second-order valence-corrected chi connectivity index (χ2v) is 4.53. The molecule has 0 aromatic heterocycles. The van der Waals surface area contributed by atoms with E-state index in [1.807, 2.05) is 0 Å². The van der Waals surface area contributed by atoms with Gasteiger partial charge in [-0.3, -0.25) is 0 Å². The Bertz CT molecular complexity index is 136. The van der Waals surface area contributed by atoms with Crippen molar-refractivity contribution in [2.75, 3.05) is 6.54 Å². The molecule has 1 heteroatoms. The van der Waals surface area contributed by atoms with Gasteiger partial charge in [0, 0.05) is 6.04 Å². The van der Waals surface area contributed by atoms with Crippen LogP contribution in [0.4, 0.5) is 0 Å². The summed E-state index contributed by atoms with van der Waals surface area (Å²) in [5.41, 5.74) is 0.651. The van der Waals surface area contributed by atoms with Gasteiger partial charge in [0.2, 0.25) is 0 Å². The summed E-state index contributed by atoms with van der Waals surface area (Å²) < 4.78 is 0. The lowest BCUT2D eigenvalue weighted by molar-refractivity contribution is 0.198. The van der Waals surface area contributed by atoms with Crippen LogP contribution in [0.15, 0.2) is 0 Å². The fourth-order valence-electron chi connectivity index (χ4n) is 3.18. The SMILES string of the molecule is CCCC1(CCC)CCNC1CC. The van der Waals surface area contributed by atoms with Crippen molar-refractivity contribution in [3.05, 3.63) is 0 Å². The van der Waals surface area contributed by atoms with Crippen LogP contribution < -0.4 is 5.32 Å². The summed E-state index contributed by atoms with van der Waals surface area (Å²) in [5.74, 6) is 0. The van der Waals surface area contributed by atoms with E-state index in [1.165, 1.54) is 45.1 Å². The topological polar surface area (TPSA) is 12.0 Å². The van der Waals surface area contributed by atoms with Crippen LogP contribution >= 0.6 is 0 Å². The molecule has 0 bridgehead atoms. The highest BCUT2D eigenvalue weighted by Gasteiger charge is 2.39. The maximum absolute atomic E-state index is 3.67. The monoisotopic (exact) mass is 183 g/mol. The molecule has 0 aromatic carbocycles. The van der Waals surface area contributed by atoms with Crippen LogP contribution in [0.3, 0.4) is 0 Å². The Morgan fingerprint density at radius 3 is 2.23 bits per heavy atom. The molecular weight excluding hydrogens is 158 g/mol. The third kappa shape index (κ3) is 2.25. The van der Waals surface area contributed by atoms with E-state index >= 15 is 0 Å². The van der Waals surface area contributed by atoms with E-state index in [1.54, 1.807) is 0 Å². The van der Waals surface area contributed by atoms with Crippen LogP contribution in [0.2, 0.25) is 0 Å². The molecular formula is C12H25N. The summed E-state index contributed by atoms with van der Waals surface area (Å²) in [6.45, 7) is 8.21. The number of rotatable bonds is 5. The lowest BCUT2D eigenvalue weighted by atomic mass is 9.72. The minimum atomic E-state index is 0.651. The van der Waals surface area contributed by atoms with E-state index in [0.717, 1.165) is 6.04 Å². The predicted molar refractivity (Wildman–Crippen MR) is 58.9 cm³/mol. The van der Waals surface area contributed by atoms with Crippen molar-refractivity contribution < 1.29 is 0 Å². The van der Waals surface area contributed by atoms with Gasteiger partial charge in [0.05, 0.1) is 0 Å². The van der Waals surface area contributed by atoms with Gasteiger partial charge in [-0.1, -0.05) is 33.6 Å². The summed E-state index contributed by atoms with van der Waals surface area (Å²) >= 11 is 0. The average Bonchev–Trinajstić information content (AvgIpc) is 2.49. The molecule has 1 nitrogen and oxygen atoms in total. The zero-order valence-electron chi connectivity index (χ0n) is 9.53.